The highest BCUT2D eigenvalue weighted by Gasteiger charge is 2.13. The first-order valence-electron chi connectivity index (χ1n) is 7.01. The zero-order chi connectivity index (χ0) is 13.9. The minimum atomic E-state index is 0. The van der Waals surface area contributed by atoms with Crippen LogP contribution in [0.3, 0.4) is 0 Å². The Labute approximate surface area is 124 Å². The summed E-state index contributed by atoms with van der Waals surface area (Å²) in [5, 5.41) is 1.22. The molecule has 0 saturated heterocycles. The highest BCUT2D eigenvalue weighted by molar-refractivity contribution is 5.86. The number of aryl methyl sites for hydroxylation is 1. The molecule has 0 aromatic carbocycles. The molecule has 0 amide bonds. The molecule has 0 radical (unpaired) electrons. The summed E-state index contributed by atoms with van der Waals surface area (Å²) in [5.74, 6) is 0. The Morgan fingerprint density at radius 1 is 0.857 bits per heavy atom. The first kappa shape index (κ1) is 15.1. The van der Waals surface area contributed by atoms with Gasteiger partial charge in [-0.25, -0.2) is 4.98 Å². The van der Waals surface area contributed by atoms with Crippen molar-refractivity contribution in [3.05, 3.63) is 54.1 Å². The average molecular weight is 280 g/mol. The first-order valence-corrected chi connectivity index (χ1v) is 7.01. The summed E-state index contributed by atoms with van der Waals surface area (Å²) in [5.41, 5.74) is 5.86. The van der Waals surface area contributed by atoms with Gasteiger partial charge in [-0.3, -0.25) is 9.97 Å². The SMILES string of the molecule is CCc1c(-c2ccncc2)nc2cnccc2c1CC.N. The number of hydrogen-bond acceptors (Lipinski definition) is 4. The van der Waals surface area contributed by atoms with Gasteiger partial charge in [-0.15, -0.1) is 0 Å². The third-order valence-electron chi connectivity index (χ3n) is 3.67. The lowest BCUT2D eigenvalue weighted by molar-refractivity contribution is 1.04. The Hall–Kier alpha value is -2.33. The van der Waals surface area contributed by atoms with Gasteiger partial charge in [0.2, 0.25) is 0 Å². The van der Waals surface area contributed by atoms with Crippen molar-refractivity contribution in [2.45, 2.75) is 26.7 Å². The Kier molecular flexibility index (Phi) is 4.60. The van der Waals surface area contributed by atoms with Crippen LogP contribution in [0.15, 0.2) is 43.0 Å². The van der Waals surface area contributed by atoms with Gasteiger partial charge >= 0.3 is 0 Å². The largest absolute Gasteiger partial charge is 0.344 e. The third-order valence-corrected chi connectivity index (χ3v) is 3.67. The molecule has 3 aromatic heterocycles. The van der Waals surface area contributed by atoms with E-state index in [0.29, 0.717) is 0 Å². The highest BCUT2D eigenvalue weighted by Crippen LogP contribution is 2.30. The van der Waals surface area contributed by atoms with Crippen LogP contribution in [0.4, 0.5) is 0 Å². The van der Waals surface area contributed by atoms with Crippen LogP contribution < -0.4 is 6.15 Å². The fourth-order valence-corrected chi connectivity index (χ4v) is 2.76. The van der Waals surface area contributed by atoms with Crippen LogP contribution in [0.5, 0.6) is 0 Å². The second kappa shape index (κ2) is 6.41. The van der Waals surface area contributed by atoms with Crippen LogP contribution in [-0.4, -0.2) is 15.0 Å². The molecule has 0 unspecified atom stereocenters. The maximum Gasteiger partial charge on any atom is 0.0895 e. The van der Waals surface area contributed by atoms with Gasteiger partial charge in [0.05, 0.1) is 17.4 Å². The molecule has 3 aromatic rings. The Morgan fingerprint density at radius 2 is 1.52 bits per heavy atom. The van der Waals surface area contributed by atoms with E-state index in [1.165, 1.54) is 16.5 Å². The van der Waals surface area contributed by atoms with Gasteiger partial charge in [-0.2, -0.15) is 0 Å². The van der Waals surface area contributed by atoms with Gasteiger partial charge in [0.15, 0.2) is 0 Å². The molecular weight excluding hydrogens is 260 g/mol. The summed E-state index contributed by atoms with van der Waals surface area (Å²) in [6, 6.07) is 6.10. The van der Waals surface area contributed by atoms with Gasteiger partial charge in [0.1, 0.15) is 0 Å². The van der Waals surface area contributed by atoms with Crippen molar-refractivity contribution in [2.24, 2.45) is 0 Å². The molecule has 4 heteroatoms. The number of fused-ring (bicyclic) bond motifs is 1. The fourth-order valence-electron chi connectivity index (χ4n) is 2.76. The number of hydrogen-bond donors (Lipinski definition) is 1. The van der Waals surface area contributed by atoms with Crippen LogP contribution in [0, 0.1) is 0 Å². The van der Waals surface area contributed by atoms with Gasteiger partial charge in [-0.05, 0) is 42.2 Å². The molecule has 0 atom stereocenters. The average Bonchev–Trinajstić information content (AvgIpc) is 2.53. The summed E-state index contributed by atoms with van der Waals surface area (Å²) >= 11 is 0. The highest BCUT2D eigenvalue weighted by atomic mass is 14.7. The van der Waals surface area contributed by atoms with Crippen molar-refractivity contribution in [1.82, 2.24) is 21.1 Å². The predicted molar refractivity (Wildman–Crippen MR) is 86.5 cm³/mol. The quantitative estimate of drug-likeness (QED) is 0.787. The van der Waals surface area contributed by atoms with E-state index in [9.17, 15) is 0 Å². The minimum absolute atomic E-state index is 0. The van der Waals surface area contributed by atoms with Gasteiger partial charge in [0.25, 0.3) is 0 Å². The topological polar surface area (TPSA) is 73.7 Å². The Morgan fingerprint density at radius 3 is 2.19 bits per heavy atom. The molecule has 3 heterocycles. The molecular formula is C17H20N4. The Balaban J connectivity index is 0.00000161. The standard InChI is InChI=1S/C17H17N3.H3N/c1-3-13-14(4-2)17(12-5-8-18-9-6-12)20-16-11-19-10-7-15(13)16;/h5-11H,3-4H2,1-2H3;1H3. The number of rotatable bonds is 3. The monoisotopic (exact) mass is 280 g/mol. The van der Waals surface area contributed by atoms with Crippen molar-refractivity contribution < 1.29 is 0 Å². The van der Waals surface area contributed by atoms with Crippen molar-refractivity contribution in [3.8, 4) is 11.3 Å². The smallest absolute Gasteiger partial charge is 0.0895 e. The molecule has 0 fully saturated rings. The predicted octanol–water partition coefficient (Wildman–Crippen LogP) is 3.98. The number of nitrogens with zero attached hydrogens (tertiary/aromatic N) is 3. The summed E-state index contributed by atoms with van der Waals surface area (Å²) in [4.78, 5) is 13.1. The van der Waals surface area contributed by atoms with E-state index in [2.05, 4.69) is 29.9 Å². The molecule has 0 bridgehead atoms. The van der Waals surface area contributed by atoms with Crippen molar-refractivity contribution in [1.29, 1.82) is 0 Å². The lowest BCUT2D eigenvalue weighted by Crippen LogP contribution is -2.00. The molecule has 0 spiro atoms. The zero-order valence-electron chi connectivity index (χ0n) is 12.5. The van der Waals surface area contributed by atoms with E-state index in [0.717, 1.165) is 29.6 Å². The van der Waals surface area contributed by atoms with Gasteiger partial charge < -0.3 is 6.15 Å². The lowest BCUT2D eigenvalue weighted by Gasteiger charge is -2.15. The fraction of sp³-hybridized carbons (Fsp3) is 0.235. The molecule has 0 aliphatic heterocycles. The van der Waals surface area contributed by atoms with Gasteiger partial charge in [-0.1, -0.05) is 13.8 Å². The van der Waals surface area contributed by atoms with E-state index in [1.54, 1.807) is 0 Å². The van der Waals surface area contributed by atoms with E-state index in [-0.39, 0.29) is 6.15 Å². The lowest BCUT2D eigenvalue weighted by atomic mass is 9.94. The van der Waals surface area contributed by atoms with Crippen LogP contribution >= 0.6 is 0 Å². The molecule has 3 rings (SSSR count). The molecule has 4 nitrogen and oxygen atoms in total. The number of pyridine rings is 3. The van der Waals surface area contributed by atoms with Crippen LogP contribution in [0.25, 0.3) is 22.2 Å². The molecule has 21 heavy (non-hydrogen) atoms. The molecule has 0 aliphatic rings. The molecule has 0 saturated carbocycles. The van der Waals surface area contributed by atoms with Crippen LogP contribution in [-0.2, 0) is 12.8 Å². The normalized spacial score (nSPS) is 10.4. The van der Waals surface area contributed by atoms with E-state index in [4.69, 9.17) is 4.98 Å². The van der Waals surface area contributed by atoms with Crippen LogP contribution in [0.1, 0.15) is 25.0 Å². The molecule has 108 valence electrons. The van der Waals surface area contributed by atoms with E-state index >= 15 is 0 Å². The van der Waals surface area contributed by atoms with Crippen LogP contribution in [0.2, 0.25) is 0 Å². The van der Waals surface area contributed by atoms with E-state index < -0.39 is 0 Å². The first-order chi connectivity index (χ1) is 9.85. The second-order valence-electron chi connectivity index (χ2n) is 4.75. The second-order valence-corrected chi connectivity index (χ2v) is 4.75. The maximum absolute atomic E-state index is 4.83. The Bertz CT molecular complexity index is 738. The summed E-state index contributed by atoms with van der Waals surface area (Å²) < 4.78 is 0. The summed E-state index contributed by atoms with van der Waals surface area (Å²) in [7, 11) is 0. The maximum atomic E-state index is 4.83. The zero-order valence-corrected chi connectivity index (χ0v) is 12.5. The number of aromatic nitrogens is 3. The van der Waals surface area contributed by atoms with Crippen molar-refractivity contribution in [3.63, 3.8) is 0 Å². The van der Waals surface area contributed by atoms with Crippen molar-refractivity contribution in [2.75, 3.05) is 0 Å². The van der Waals surface area contributed by atoms with E-state index in [1.807, 2.05) is 36.9 Å². The van der Waals surface area contributed by atoms with Gasteiger partial charge in [0, 0.05) is 29.5 Å². The minimum Gasteiger partial charge on any atom is -0.344 e. The molecule has 0 aliphatic carbocycles. The molecule has 3 N–H and O–H groups in total. The van der Waals surface area contributed by atoms with Crippen molar-refractivity contribution >= 4 is 10.9 Å². The summed E-state index contributed by atoms with van der Waals surface area (Å²) in [6.07, 6.45) is 9.30. The summed E-state index contributed by atoms with van der Waals surface area (Å²) in [6.45, 7) is 4.39. The third kappa shape index (κ3) is 2.62.